The highest BCUT2D eigenvalue weighted by Gasteiger charge is 2.12. The van der Waals surface area contributed by atoms with Crippen LogP contribution in [0, 0.1) is 0 Å². The molecule has 0 spiro atoms. The Balaban J connectivity index is 1.51. The number of urea groups is 1. The summed E-state index contributed by atoms with van der Waals surface area (Å²) < 4.78 is 10.4. The number of amides is 2. The van der Waals surface area contributed by atoms with Crippen LogP contribution >= 0.6 is 11.8 Å². The molecule has 7 nitrogen and oxygen atoms in total. The van der Waals surface area contributed by atoms with Gasteiger partial charge in [0.2, 0.25) is 5.89 Å². The molecule has 116 valence electrons. The molecule has 8 heteroatoms. The number of benzene rings is 1. The van der Waals surface area contributed by atoms with Crippen molar-refractivity contribution in [2.45, 2.75) is 25.5 Å². The van der Waals surface area contributed by atoms with Gasteiger partial charge in [-0.15, -0.1) is 0 Å². The summed E-state index contributed by atoms with van der Waals surface area (Å²) in [5.41, 5.74) is 3.00. The van der Waals surface area contributed by atoms with E-state index in [2.05, 4.69) is 20.8 Å². The van der Waals surface area contributed by atoms with Crippen LogP contribution < -0.4 is 10.6 Å². The van der Waals surface area contributed by atoms with E-state index in [9.17, 15) is 4.79 Å². The number of anilines is 1. The fourth-order valence-corrected chi connectivity index (χ4v) is 2.51. The van der Waals surface area contributed by atoms with Crippen molar-refractivity contribution in [3.63, 3.8) is 0 Å². The SMILES string of the molecule is CSCc1noc(CNC(=O)Nc2ccc3c(c2)COC3)n1. The zero-order chi connectivity index (χ0) is 15.4. The van der Waals surface area contributed by atoms with E-state index in [-0.39, 0.29) is 12.6 Å². The lowest BCUT2D eigenvalue weighted by Gasteiger charge is -2.07. The molecule has 2 heterocycles. The van der Waals surface area contributed by atoms with E-state index >= 15 is 0 Å². The Morgan fingerprint density at radius 3 is 3.09 bits per heavy atom. The molecular weight excluding hydrogens is 304 g/mol. The summed E-state index contributed by atoms with van der Waals surface area (Å²) in [5.74, 6) is 1.71. The topological polar surface area (TPSA) is 89.3 Å². The predicted octanol–water partition coefficient (Wildman–Crippen LogP) is 2.28. The maximum atomic E-state index is 11.9. The standard InChI is InChI=1S/C14H16N4O3S/c1-22-8-12-17-13(21-18-12)5-15-14(19)16-11-3-2-9-6-20-7-10(9)4-11/h2-4H,5-8H2,1H3,(H2,15,16,19). The molecule has 1 aliphatic rings. The molecule has 0 unspecified atom stereocenters. The minimum Gasteiger partial charge on any atom is -0.372 e. The van der Waals surface area contributed by atoms with Crippen LogP contribution in [-0.4, -0.2) is 22.4 Å². The molecular formula is C14H16N4O3S. The highest BCUT2D eigenvalue weighted by molar-refractivity contribution is 7.97. The van der Waals surface area contributed by atoms with Crippen LogP contribution in [0.4, 0.5) is 10.5 Å². The average Bonchev–Trinajstić information content (AvgIpc) is 3.14. The highest BCUT2D eigenvalue weighted by atomic mass is 32.2. The molecule has 2 aromatic rings. The number of thioether (sulfide) groups is 1. The Labute approximate surface area is 131 Å². The largest absolute Gasteiger partial charge is 0.372 e. The number of carbonyl (C=O) groups is 1. The van der Waals surface area contributed by atoms with Gasteiger partial charge in [0.1, 0.15) is 0 Å². The molecule has 1 aromatic carbocycles. The summed E-state index contributed by atoms with van der Waals surface area (Å²) in [5, 5.41) is 9.28. The number of aromatic nitrogens is 2. The van der Waals surface area contributed by atoms with E-state index in [0.717, 1.165) is 16.8 Å². The van der Waals surface area contributed by atoms with Crippen molar-refractivity contribution in [3.8, 4) is 0 Å². The number of nitrogens with one attached hydrogen (secondary N) is 2. The Kier molecular flexibility index (Phi) is 4.59. The number of hydrogen-bond acceptors (Lipinski definition) is 6. The molecule has 1 aliphatic heterocycles. The lowest BCUT2D eigenvalue weighted by atomic mass is 10.1. The summed E-state index contributed by atoms with van der Waals surface area (Å²) in [6.07, 6.45) is 1.96. The smallest absolute Gasteiger partial charge is 0.319 e. The molecule has 1 aromatic heterocycles. The third kappa shape index (κ3) is 3.58. The van der Waals surface area contributed by atoms with Crippen molar-refractivity contribution < 1.29 is 14.1 Å². The van der Waals surface area contributed by atoms with Gasteiger partial charge in [-0.3, -0.25) is 0 Å². The van der Waals surface area contributed by atoms with Gasteiger partial charge >= 0.3 is 6.03 Å². The molecule has 2 amide bonds. The average molecular weight is 320 g/mol. The van der Waals surface area contributed by atoms with Gasteiger partial charge in [0, 0.05) is 5.69 Å². The van der Waals surface area contributed by atoms with Crippen molar-refractivity contribution in [1.29, 1.82) is 0 Å². The molecule has 3 rings (SSSR count). The number of carbonyl (C=O) groups excluding carboxylic acids is 1. The monoisotopic (exact) mass is 320 g/mol. The van der Waals surface area contributed by atoms with Crippen LogP contribution in [-0.2, 0) is 30.2 Å². The Hall–Kier alpha value is -2.06. The maximum Gasteiger partial charge on any atom is 0.319 e. The molecule has 22 heavy (non-hydrogen) atoms. The second-order valence-electron chi connectivity index (χ2n) is 4.82. The first-order valence-electron chi connectivity index (χ1n) is 6.79. The minimum atomic E-state index is -0.316. The second-order valence-corrected chi connectivity index (χ2v) is 5.69. The fourth-order valence-electron chi connectivity index (χ4n) is 2.13. The predicted molar refractivity (Wildman–Crippen MR) is 82.3 cm³/mol. The van der Waals surface area contributed by atoms with Crippen LogP contribution in [0.1, 0.15) is 22.8 Å². The molecule has 2 N–H and O–H groups in total. The first-order chi connectivity index (χ1) is 10.7. The van der Waals surface area contributed by atoms with Gasteiger partial charge in [-0.2, -0.15) is 16.7 Å². The summed E-state index contributed by atoms with van der Waals surface area (Å²) in [4.78, 5) is 16.0. The summed E-state index contributed by atoms with van der Waals surface area (Å²) >= 11 is 1.61. The van der Waals surface area contributed by atoms with E-state index in [1.54, 1.807) is 11.8 Å². The van der Waals surface area contributed by atoms with Gasteiger partial charge < -0.3 is 19.9 Å². The molecule has 0 aliphatic carbocycles. The van der Waals surface area contributed by atoms with Crippen molar-refractivity contribution >= 4 is 23.5 Å². The Morgan fingerprint density at radius 2 is 2.23 bits per heavy atom. The van der Waals surface area contributed by atoms with E-state index in [1.807, 2.05) is 24.5 Å². The maximum absolute atomic E-state index is 11.9. The summed E-state index contributed by atoms with van der Waals surface area (Å²) in [6, 6.07) is 5.43. The van der Waals surface area contributed by atoms with Crippen LogP contribution in [0.2, 0.25) is 0 Å². The van der Waals surface area contributed by atoms with E-state index in [4.69, 9.17) is 9.26 Å². The first kappa shape index (κ1) is 14.9. The van der Waals surface area contributed by atoms with Crippen LogP contribution in [0.25, 0.3) is 0 Å². The number of rotatable bonds is 5. The molecule has 0 atom stereocenters. The van der Waals surface area contributed by atoms with Crippen LogP contribution in [0.15, 0.2) is 22.7 Å². The Morgan fingerprint density at radius 1 is 1.36 bits per heavy atom. The molecule has 0 bridgehead atoms. The fraction of sp³-hybridized carbons (Fsp3) is 0.357. The Bertz CT molecular complexity index is 674. The van der Waals surface area contributed by atoms with E-state index in [1.165, 1.54) is 0 Å². The minimum absolute atomic E-state index is 0.196. The second kappa shape index (κ2) is 6.80. The third-order valence-electron chi connectivity index (χ3n) is 3.16. The van der Waals surface area contributed by atoms with Gasteiger partial charge in [0.25, 0.3) is 0 Å². The van der Waals surface area contributed by atoms with Gasteiger partial charge in [0.05, 0.1) is 25.5 Å². The van der Waals surface area contributed by atoms with Crippen LogP contribution in [0.3, 0.4) is 0 Å². The number of hydrogen-bond donors (Lipinski definition) is 2. The molecule has 0 saturated carbocycles. The zero-order valence-corrected chi connectivity index (χ0v) is 12.9. The van der Waals surface area contributed by atoms with Gasteiger partial charge in [-0.1, -0.05) is 11.2 Å². The van der Waals surface area contributed by atoms with Crippen molar-refractivity contribution in [2.75, 3.05) is 11.6 Å². The van der Waals surface area contributed by atoms with E-state index in [0.29, 0.717) is 30.7 Å². The van der Waals surface area contributed by atoms with E-state index < -0.39 is 0 Å². The van der Waals surface area contributed by atoms with Crippen molar-refractivity contribution in [2.24, 2.45) is 0 Å². The highest BCUT2D eigenvalue weighted by Crippen LogP contribution is 2.23. The number of fused-ring (bicyclic) bond motifs is 1. The number of nitrogens with zero attached hydrogens (tertiary/aromatic N) is 2. The van der Waals surface area contributed by atoms with Crippen molar-refractivity contribution in [1.82, 2.24) is 15.5 Å². The summed E-state index contributed by atoms with van der Waals surface area (Å²) in [7, 11) is 0. The van der Waals surface area contributed by atoms with Gasteiger partial charge in [0.15, 0.2) is 5.82 Å². The molecule has 0 saturated heterocycles. The molecule has 0 fully saturated rings. The third-order valence-corrected chi connectivity index (χ3v) is 3.71. The quantitative estimate of drug-likeness (QED) is 0.878. The van der Waals surface area contributed by atoms with Gasteiger partial charge in [-0.25, -0.2) is 4.79 Å². The molecule has 0 radical (unpaired) electrons. The van der Waals surface area contributed by atoms with Crippen molar-refractivity contribution in [3.05, 3.63) is 41.0 Å². The normalized spacial score (nSPS) is 13.0. The summed E-state index contributed by atoms with van der Waals surface area (Å²) in [6.45, 7) is 1.42. The lowest BCUT2D eigenvalue weighted by molar-refractivity contribution is 0.134. The van der Waals surface area contributed by atoms with Gasteiger partial charge in [-0.05, 0) is 29.5 Å². The lowest BCUT2D eigenvalue weighted by Crippen LogP contribution is -2.28. The number of ether oxygens (including phenoxy) is 1. The van der Waals surface area contributed by atoms with Crippen LogP contribution in [0.5, 0.6) is 0 Å². The zero-order valence-electron chi connectivity index (χ0n) is 12.1. The first-order valence-corrected chi connectivity index (χ1v) is 8.19.